The van der Waals surface area contributed by atoms with Gasteiger partial charge in [0.25, 0.3) is 0 Å². The second-order valence-electron chi connectivity index (χ2n) is 1.53. The Morgan fingerprint density at radius 1 is 1.00 bits per heavy atom. The number of carbonyl (C=O) groups excluding carboxylic acids is 2. The van der Waals surface area contributed by atoms with Gasteiger partial charge in [0, 0.05) is 0 Å². The predicted molar refractivity (Wildman–Crippen MR) is 22.0 cm³/mol. The molecule has 0 aliphatic heterocycles. The van der Waals surface area contributed by atoms with Crippen LogP contribution in [0.4, 0.5) is 0 Å². The number of aliphatic hydroxyl groups excluding tert-OH is 2. The van der Waals surface area contributed by atoms with Gasteiger partial charge in [0.2, 0.25) is 0 Å². The first kappa shape index (κ1) is 18.0. The zero-order valence-electron chi connectivity index (χ0n) is 5.29. The van der Waals surface area contributed by atoms with Gasteiger partial charge in [0.15, 0.2) is 0 Å². The SMILES string of the molecule is O=C([O-])C(O)C(O)C(=O)[O-].[Ag+].[Cu+2]. The van der Waals surface area contributed by atoms with Crippen LogP contribution >= 0.6 is 0 Å². The van der Waals surface area contributed by atoms with Crippen molar-refractivity contribution in [3.05, 3.63) is 0 Å². The molecule has 0 aromatic heterocycles. The van der Waals surface area contributed by atoms with E-state index in [4.69, 9.17) is 10.2 Å². The van der Waals surface area contributed by atoms with E-state index in [1.165, 1.54) is 0 Å². The van der Waals surface area contributed by atoms with Gasteiger partial charge in [0.05, 0.1) is 11.9 Å². The summed E-state index contributed by atoms with van der Waals surface area (Å²) in [5.74, 6) is -4.12. The molecular weight excluding hydrogens is 315 g/mol. The van der Waals surface area contributed by atoms with E-state index in [0.717, 1.165) is 0 Å². The third-order valence-corrected chi connectivity index (χ3v) is 0.782. The Morgan fingerprint density at radius 3 is 1.25 bits per heavy atom. The maximum absolute atomic E-state index is 9.63. The fourth-order valence-corrected chi connectivity index (χ4v) is 0.258. The molecule has 0 aromatic carbocycles. The van der Waals surface area contributed by atoms with Crippen molar-refractivity contribution in [3.8, 4) is 0 Å². The number of carboxylic acids is 2. The van der Waals surface area contributed by atoms with Crippen LogP contribution in [0.5, 0.6) is 0 Å². The number of aliphatic carboxylic acids is 2. The van der Waals surface area contributed by atoms with E-state index in [9.17, 15) is 19.8 Å². The Kier molecular flexibility index (Phi) is 11.6. The molecule has 0 rings (SSSR count). The van der Waals surface area contributed by atoms with Crippen molar-refractivity contribution >= 4 is 11.9 Å². The largest absolute Gasteiger partial charge is 2.00 e. The van der Waals surface area contributed by atoms with Crippen LogP contribution in [0.2, 0.25) is 0 Å². The van der Waals surface area contributed by atoms with Gasteiger partial charge in [-0.2, -0.15) is 0 Å². The maximum Gasteiger partial charge on any atom is 2.00 e. The van der Waals surface area contributed by atoms with E-state index in [1.54, 1.807) is 0 Å². The van der Waals surface area contributed by atoms with E-state index in [0.29, 0.717) is 0 Å². The number of hydrogen-bond acceptors (Lipinski definition) is 6. The van der Waals surface area contributed by atoms with Crippen molar-refractivity contribution in [2.45, 2.75) is 12.2 Å². The molecule has 8 heteroatoms. The summed E-state index contributed by atoms with van der Waals surface area (Å²) in [5, 5.41) is 35.7. The van der Waals surface area contributed by atoms with E-state index < -0.39 is 24.1 Å². The molecule has 77 valence electrons. The van der Waals surface area contributed by atoms with E-state index in [-0.39, 0.29) is 39.4 Å². The van der Waals surface area contributed by atoms with Crippen LogP contribution in [-0.4, -0.2) is 34.4 Å². The van der Waals surface area contributed by atoms with Crippen molar-refractivity contribution in [3.63, 3.8) is 0 Å². The average molecular weight is 319 g/mol. The quantitative estimate of drug-likeness (QED) is 0.504. The van der Waals surface area contributed by atoms with Crippen LogP contribution in [0.15, 0.2) is 0 Å². The standard InChI is InChI=1S/C4H6O6.Ag.Cu/c5-1(3(7)8)2(6)4(9)10;;/h1-2,5-6H,(H,7,8)(H,9,10);;/q;+1;+2/p-2. The first-order valence-electron chi connectivity index (χ1n) is 2.24. The second kappa shape index (κ2) is 7.75. The molecule has 0 heterocycles. The third kappa shape index (κ3) is 5.73. The number of rotatable bonds is 3. The summed E-state index contributed by atoms with van der Waals surface area (Å²) < 4.78 is 0. The Balaban J connectivity index is -0.000000405. The molecule has 12 heavy (non-hydrogen) atoms. The Hall–Kier alpha value is 0.120. The van der Waals surface area contributed by atoms with E-state index in [1.807, 2.05) is 0 Å². The first-order valence-corrected chi connectivity index (χ1v) is 2.24. The normalized spacial score (nSPS) is 13.2. The minimum Gasteiger partial charge on any atom is -0.547 e. The van der Waals surface area contributed by atoms with Crippen LogP contribution in [0.25, 0.3) is 0 Å². The molecule has 0 saturated heterocycles. The summed E-state index contributed by atoms with van der Waals surface area (Å²) >= 11 is 0. The van der Waals surface area contributed by atoms with Gasteiger partial charge >= 0.3 is 39.4 Å². The second-order valence-corrected chi connectivity index (χ2v) is 1.53. The molecule has 0 bridgehead atoms. The minimum atomic E-state index is -2.44. The predicted octanol–water partition coefficient (Wildman–Crippen LogP) is -4.80. The summed E-state index contributed by atoms with van der Waals surface area (Å²) in [7, 11) is 0. The van der Waals surface area contributed by atoms with Gasteiger partial charge < -0.3 is 30.0 Å². The summed E-state index contributed by atoms with van der Waals surface area (Å²) in [4.78, 5) is 19.3. The minimum absolute atomic E-state index is 0. The Bertz CT molecular complexity index is 144. The molecule has 1 radical (unpaired) electrons. The first-order chi connectivity index (χ1) is 4.46. The van der Waals surface area contributed by atoms with Crippen LogP contribution in [0.1, 0.15) is 0 Å². The van der Waals surface area contributed by atoms with Gasteiger partial charge in [-0.3, -0.25) is 0 Å². The van der Waals surface area contributed by atoms with Crippen LogP contribution in [0, 0.1) is 0 Å². The summed E-state index contributed by atoms with van der Waals surface area (Å²) in [5.41, 5.74) is 0. The molecule has 0 saturated carbocycles. The smallest absolute Gasteiger partial charge is 0.547 e. The topological polar surface area (TPSA) is 121 Å². The zero-order chi connectivity index (χ0) is 8.31. The maximum atomic E-state index is 9.63. The molecule has 0 aliphatic carbocycles. The molecule has 2 atom stereocenters. The van der Waals surface area contributed by atoms with E-state index in [2.05, 4.69) is 0 Å². The molecule has 0 aromatic rings. The average Bonchev–Trinajstić information content (AvgIpc) is 1.84. The third-order valence-electron chi connectivity index (χ3n) is 0.782. The van der Waals surface area contributed by atoms with Gasteiger partial charge in [-0.25, -0.2) is 0 Å². The summed E-state index contributed by atoms with van der Waals surface area (Å²) in [6.07, 6.45) is -4.88. The van der Waals surface area contributed by atoms with Crippen LogP contribution in [0.3, 0.4) is 0 Å². The molecular formula is C4H4AgCuO6+. The molecule has 2 unspecified atom stereocenters. The monoisotopic (exact) mass is 318 g/mol. The van der Waals surface area contributed by atoms with Gasteiger partial charge in [-0.1, -0.05) is 0 Å². The van der Waals surface area contributed by atoms with Crippen molar-refractivity contribution in [2.75, 3.05) is 0 Å². The molecule has 0 amide bonds. The van der Waals surface area contributed by atoms with Crippen LogP contribution < -0.4 is 10.2 Å². The van der Waals surface area contributed by atoms with Gasteiger partial charge in [-0.05, 0) is 0 Å². The molecule has 0 fully saturated rings. The Labute approximate surface area is 93.6 Å². The van der Waals surface area contributed by atoms with Gasteiger partial charge in [-0.15, -0.1) is 0 Å². The Morgan fingerprint density at radius 2 is 1.17 bits per heavy atom. The fraction of sp³-hybridized carbons (Fsp3) is 0.500. The number of aliphatic hydroxyl groups is 2. The number of hydrogen-bond donors (Lipinski definition) is 2. The molecule has 0 spiro atoms. The summed E-state index contributed by atoms with van der Waals surface area (Å²) in [6.45, 7) is 0. The van der Waals surface area contributed by atoms with E-state index >= 15 is 0 Å². The van der Waals surface area contributed by atoms with Crippen molar-refractivity contribution in [1.82, 2.24) is 0 Å². The molecule has 0 aliphatic rings. The number of carboxylic acid groups (broad SMARTS) is 2. The molecule has 2 N–H and O–H groups in total. The van der Waals surface area contributed by atoms with Crippen molar-refractivity contribution < 1.29 is 69.5 Å². The summed E-state index contributed by atoms with van der Waals surface area (Å²) in [6, 6.07) is 0. The molecule has 6 nitrogen and oxygen atoms in total. The zero-order valence-corrected chi connectivity index (χ0v) is 7.71. The number of carbonyl (C=O) groups is 2. The van der Waals surface area contributed by atoms with Crippen molar-refractivity contribution in [1.29, 1.82) is 0 Å². The fourth-order valence-electron chi connectivity index (χ4n) is 0.258. The van der Waals surface area contributed by atoms with Crippen molar-refractivity contribution in [2.24, 2.45) is 0 Å². The van der Waals surface area contributed by atoms with Gasteiger partial charge in [0.1, 0.15) is 12.2 Å². The van der Waals surface area contributed by atoms with Crippen LogP contribution in [-0.2, 0) is 49.0 Å².